The zero-order chi connectivity index (χ0) is 38.1. The van der Waals surface area contributed by atoms with E-state index in [9.17, 15) is 26.8 Å². The van der Waals surface area contributed by atoms with Gasteiger partial charge < -0.3 is 14.3 Å². The highest BCUT2D eigenvalue weighted by Gasteiger charge is 2.37. The predicted octanol–water partition coefficient (Wildman–Crippen LogP) is 7.88. The summed E-state index contributed by atoms with van der Waals surface area (Å²) in [7, 11) is -6.10. The molecule has 0 saturated heterocycles. The lowest BCUT2D eigenvalue weighted by Gasteiger charge is -2.36. The SMILES string of the molecule is CC(C)(C)[Si](C)(C)OCc1cnc2c(c1)c(-c1cccc(CNC(=O)c3cccn(Cc4ccc(F)c(F)c4)c3=O)c1)cn2S(=O)(=O)c1ccccc1. The van der Waals surface area contributed by atoms with Crippen LogP contribution in [-0.2, 0) is 34.1 Å². The highest BCUT2D eigenvalue weighted by molar-refractivity contribution is 7.90. The number of fused-ring (bicyclic) bond motifs is 1. The van der Waals surface area contributed by atoms with Gasteiger partial charge in [-0.25, -0.2) is 26.2 Å². The maximum Gasteiger partial charge on any atom is 0.269 e. The van der Waals surface area contributed by atoms with Gasteiger partial charge in [-0.2, -0.15) is 0 Å². The van der Waals surface area contributed by atoms with Crippen molar-refractivity contribution >= 4 is 35.3 Å². The summed E-state index contributed by atoms with van der Waals surface area (Å²) in [5.41, 5.74) is 2.76. The lowest BCUT2D eigenvalue weighted by Crippen LogP contribution is -2.40. The molecule has 0 atom stereocenters. The van der Waals surface area contributed by atoms with Crippen LogP contribution in [0.1, 0.15) is 47.8 Å². The standard InChI is InChI=1S/C40H40F2N4O5SSi/c1-40(2,3)53(4,5)51-26-29-20-33-34(25-46(37(33)43-23-29)52(49,50)31-13-7-6-8-14-31)30-12-9-11-27(19-30)22-44-38(47)32-15-10-18-45(39(32)48)24-28-16-17-35(41)36(42)21-28/h6-21,23,25H,22,24,26H2,1-5H3,(H,44,47). The molecule has 0 fully saturated rings. The molecule has 0 radical (unpaired) electrons. The molecule has 53 heavy (non-hydrogen) atoms. The van der Waals surface area contributed by atoms with E-state index in [1.165, 1.54) is 45.1 Å². The van der Waals surface area contributed by atoms with E-state index in [0.29, 0.717) is 34.2 Å². The molecule has 274 valence electrons. The van der Waals surface area contributed by atoms with Crippen molar-refractivity contribution in [2.75, 3.05) is 0 Å². The van der Waals surface area contributed by atoms with Crippen LogP contribution in [0.25, 0.3) is 22.2 Å². The Hall–Kier alpha value is -5.24. The fourth-order valence-corrected chi connectivity index (χ4v) is 7.90. The molecule has 0 aliphatic rings. The van der Waals surface area contributed by atoms with Crippen LogP contribution in [-0.4, -0.2) is 36.2 Å². The van der Waals surface area contributed by atoms with Gasteiger partial charge in [-0.05, 0) is 88.9 Å². The van der Waals surface area contributed by atoms with Gasteiger partial charge in [0.15, 0.2) is 25.6 Å². The Labute approximate surface area is 308 Å². The van der Waals surface area contributed by atoms with E-state index < -0.39 is 41.4 Å². The van der Waals surface area contributed by atoms with Gasteiger partial charge in [0.05, 0.1) is 18.0 Å². The van der Waals surface area contributed by atoms with Gasteiger partial charge in [-0.15, -0.1) is 0 Å². The van der Waals surface area contributed by atoms with Crippen LogP contribution in [0.5, 0.6) is 0 Å². The quantitative estimate of drug-likeness (QED) is 0.135. The molecule has 0 unspecified atom stereocenters. The minimum absolute atomic E-state index is 0.000229. The molecule has 1 amide bonds. The van der Waals surface area contributed by atoms with Crippen molar-refractivity contribution in [1.82, 2.24) is 18.8 Å². The number of benzene rings is 3. The van der Waals surface area contributed by atoms with Crippen molar-refractivity contribution in [2.45, 2.75) is 63.5 Å². The average molecular weight is 755 g/mol. The zero-order valence-electron chi connectivity index (χ0n) is 30.1. The molecule has 0 spiro atoms. The number of aromatic nitrogens is 3. The minimum atomic E-state index is -4.01. The van der Waals surface area contributed by atoms with Crippen LogP contribution < -0.4 is 10.9 Å². The van der Waals surface area contributed by atoms with Crippen molar-refractivity contribution in [3.63, 3.8) is 0 Å². The summed E-state index contributed by atoms with van der Waals surface area (Å²) in [4.78, 5) is 31.2. The first-order valence-electron chi connectivity index (χ1n) is 17.0. The van der Waals surface area contributed by atoms with Crippen LogP contribution in [0, 0.1) is 11.6 Å². The Balaban J connectivity index is 1.30. The van der Waals surface area contributed by atoms with Crippen molar-refractivity contribution in [2.24, 2.45) is 0 Å². The number of carbonyl (C=O) groups excluding carboxylic acids is 1. The third-order valence-corrected chi connectivity index (χ3v) is 15.8. The molecular formula is C40H40F2N4O5SSi. The Morgan fingerprint density at radius 2 is 1.64 bits per heavy atom. The van der Waals surface area contributed by atoms with E-state index in [1.807, 2.05) is 24.3 Å². The van der Waals surface area contributed by atoms with Gasteiger partial charge in [-0.3, -0.25) is 9.59 Å². The van der Waals surface area contributed by atoms with Crippen LogP contribution in [0.3, 0.4) is 0 Å². The number of nitrogens with zero attached hydrogens (tertiary/aromatic N) is 3. The lowest BCUT2D eigenvalue weighted by atomic mass is 10.0. The molecule has 3 aromatic carbocycles. The molecule has 0 aliphatic carbocycles. The first-order valence-corrected chi connectivity index (χ1v) is 21.4. The Morgan fingerprint density at radius 1 is 0.887 bits per heavy atom. The molecule has 0 aliphatic heterocycles. The fourth-order valence-electron chi connectivity index (χ4n) is 5.60. The second-order valence-electron chi connectivity index (χ2n) is 14.4. The smallest absolute Gasteiger partial charge is 0.269 e. The third-order valence-electron chi connectivity index (χ3n) is 9.67. The highest BCUT2D eigenvalue weighted by atomic mass is 32.2. The van der Waals surface area contributed by atoms with Crippen molar-refractivity contribution < 1.29 is 26.4 Å². The molecule has 0 saturated carbocycles. The molecule has 3 heterocycles. The summed E-state index contributed by atoms with van der Waals surface area (Å²) >= 11 is 0. The van der Waals surface area contributed by atoms with E-state index in [2.05, 4.69) is 44.2 Å². The van der Waals surface area contributed by atoms with Crippen LogP contribution in [0.2, 0.25) is 18.1 Å². The van der Waals surface area contributed by atoms with Crippen LogP contribution in [0.15, 0.2) is 119 Å². The van der Waals surface area contributed by atoms with E-state index in [4.69, 9.17) is 4.43 Å². The maximum atomic E-state index is 13.9. The molecule has 9 nitrogen and oxygen atoms in total. The Kier molecular flexibility index (Phi) is 10.4. The number of nitrogens with one attached hydrogen (secondary N) is 1. The van der Waals surface area contributed by atoms with E-state index >= 15 is 0 Å². The molecule has 6 rings (SSSR count). The zero-order valence-corrected chi connectivity index (χ0v) is 31.9. The van der Waals surface area contributed by atoms with Gasteiger partial charge in [-0.1, -0.05) is 63.2 Å². The third kappa shape index (κ3) is 7.92. The first kappa shape index (κ1) is 37.5. The van der Waals surface area contributed by atoms with Gasteiger partial charge in [0.2, 0.25) is 0 Å². The van der Waals surface area contributed by atoms with Crippen LogP contribution in [0.4, 0.5) is 8.78 Å². The number of pyridine rings is 2. The number of carbonyl (C=O) groups is 1. The van der Waals surface area contributed by atoms with Gasteiger partial charge in [0.25, 0.3) is 21.5 Å². The number of halogens is 2. The van der Waals surface area contributed by atoms with Gasteiger partial charge in [0.1, 0.15) is 5.56 Å². The Morgan fingerprint density at radius 3 is 2.36 bits per heavy atom. The van der Waals surface area contributed by atoms with Crippen LogP contribution >= 0.6 is 0 Å². The highest BCUT2D eigenvalue weighted by Crippen LogP contribution is 2.38. The van der Waals surface area contributed by atoms with E-state index in [0.717, 1.165) is 17.7 Å². The molecule has 1 N–H and O–H groups in total. The lowest BCUT2D eigenvalue weighted by molar-refractivity contribution is 0.0948. The van der Waals surface area contributed by atoms with Crippen molar-refractivity contribution in [1.29, 1.82) is 0 Å². The molecule has 6 aromatic rings. The number of hydrogen-bond donors (Lipinski definition) is 1. The van der Waals surface area contributed by atoms with Gasteiger partial charge in [0, 0.05) is 36.1 Å². The van der Waals surface area contributed by atoms with Crippen molar-refractivity contribution in [3.8, 4) is 11.1 Å². The monoisotopic (exact) mass is 754 g/mol. The van der Waals surface area contributed by atoms with Crippen molar-refractivity contribution in [3.05, 3.63) is 154 Å². The first-order chi connectivity index (χ1) is 25.0. The summed E-state index contributed by atoms with van der Waals surface area (Å²) in [5, 5.41) is 3.41. The second kappa shape index (κ2) is 14.6. The van der Waals surface area contributed by atoms with E-state index in [1.54, 1.807) is 36.7 Å². The summed E-state index contributed by atoms with van der Waals surface area (Å²) in [6.07, 6.45) is 4.69. The molecular weight excluding hydrogens is 715 g/mol. The minimum Gasteiger partial charge on any atom is -0.413 e. The topological polar surface area (TPSA) is 112 Å². The molecule has 13 heteroatoms. The maximum absolute atomic E-state index is 13.9. The fraction of sp³-hybridized carbons (Fsp3) is 0.225. The molecule has 0 bridgehead atoms. The van der Waals surface area contributed by atoms with Gasteiger partial charge >= 0.3 is 0 Å². The summed E-state index contributed by atoms with van der Waals surface area (Å²) in [6, 6.07) is 23.7. The summed E-state index contributed by atoms with van der Waals surface area (Å²) in [6.45, 7) is 11.2. The predicted molar refractivity (Wildman–Crippen MR) is 204 cm³/mol. The molecule has 3 aromatic heterocycles. The average Bonchev–Trinajstić information content (AvgIpc) is 3.52. The second-order valence-corrected chi connectivity index (χ2v) is 21.0. The largest absolute Gasteiger partial charge is 0.413 e. The summed E-state index contributed by atoms with van der Waals surface area (Å²) in [5.74, 6) is -2.63. The van der Waals surface area contributed by atoms with E-state index in [-0.39, 0.29) is 34.2 Å². The Bertz CT molecular complexity index is 2490. The number of amides is 1. The number of hydrogen-bond acceptors (Lipinski definition) is 6. The number of rotatable bonds is 11. The summed E-state index contributed by atoms with van der Waals surface area (Å²) < 4.78 is 63.9. The normalized spacial score (nSPS) is 12.3.